The number of aromatic nitrogens is 3. The van der Waals surface area contributed by atoms with Crippen molar-refractivity contribution in [2.75, 3.05) is 0 Å². The summed E-state index contributed by atoms with van der Waals surface area (Å²) in [6.45, 7) is 2.03. The summed E-state index contributed by atoms with van der Waals surface area (Å²) in [6.07, 6.45) is 4.32. The van der Waals surface area contributed by atoms with Crippen molar-refractivity contribution in [3.05, 3.63) is 40.1 Å². The Kier molecular flexibility index (Phi) is 4.89. The first-order chi connectivity index (χ1) is 9.56. The van der Waals surface area contributed by atoms with Crippen LogP contribution < -0.4 is 0 Å². The molecular formula is C14H16BrN3O2. The van der Waals surface area contributed by atoms with E-state index in [2.05, 4.69) is 26.2 Å². The van der Waals surface area contributed by atoms with Crippen LogP contribution in [0.25, 0.3) is 5.69 Å². The average molecular weight is 338 g/mol. The molecule has 0 spiro atoms. The molecule has 0 aliphatic rings. The average Bonchev–Trinajstić information content (AvgIpc) is 2.86. The number of aliphatic carboxylic acids is 1. The summed E-state index contributed by atoms with van der Waals surface area (Å²) in [5.74, 6) is -0.752. The van der Waals surface area contributed by atoms with E-state index in [0.29, 0.717) is 6.42 Å². The van der Waals surface area contributed by atoms with Gasteiger partial charge in [0.25, 0.3) is 0 Å². The lowest BCUT2D eigenvalue weighted by molar-refractivity contribution is -0.137. The molecule has 0 aliphatic carbocycles. The second kappa shape index (κ2) is 6.65. The van der Waals surface area contributed by atoms with Gasteiger partial charge < -0.3 is 5.11 Å². The number of hydrogen-bond donors (Lipinski definition) is 1. The quantitative estimate of drug-likeness (QED) is 0.822. The summed E-state index contributed by atoms with van der Waals surface area (Å²) in [6, 6.07) is 6.01. The maximum Gasteiger partial charge on any atom is 0.303 e. The van der Waals surface area contributed by atoms with Crippen molar-refractivity contribution in [3.63, 3.8) is 0 Å². The van der Waals surface area contributed by atoms with Crippen LogP contribution in [0, 0.1) is 6.92 Å². The van der Waals surface area contributed by atoms with Gasteiger partial charge in [0.05, 0.1) is 17.6 Å². The predicted octanol–water partition coefficient (Wildman–Crippen LogP) is 3.14. The molecule has 0 atom stereocenters. The van der Waals surface area contributed by atoms with E-state index in [-0.39, 0.29) is 6.42 Å². The van der Waals surface area contributed by atoms with Crippen LogP contribution in [0.4, 0.5) is 0 Å². The lowest BCUT2D eigenvalue weighted by Gasteiger charge is -2.02. The summed E-state index contributed by atoms with van der Waals surface area (Å²) in [5.41, 5.74) is 3.00. The number of carboxylic acid groups (broad SMARTS) is 1. The van der Waals surface area contributed by atoms with E-state index in [1.165, 1.54) is 5.56 Å². The molecule has 2 aromatic rings. The maximum atomic E-state index is 10.4. The number of benzene rings is 1. The molecule has 1 aromatic heterocycles. The minimum Gasteiger partial charge on any atom is -0.481 e. The van der Waals surface area contributed by atoms with Gasteiger partial charge in [-0.05, 0) is 43.9 Å². The lowest BCUT2D eigenvalue weighted by atomic mass is 10.1. The van der Waals surface area contributed by atoms with Crippen molar-refractivity contribution in [2.24, 2.45) is 0 Å². The number of hydrogen-bond acceptors (Lipinski definition) is 3. The van der Waals surface area contributed by atoms with Gasteiger partial charge in [0.15, 0.2) is 0 Å². The molecule has 20 heavy (non-hydrogen) atoms. The molecule has 6 heteroatoms. The second-order valence-electron chi connectivity index (χ2n) is 4.69. The Morgan fingerprint density at radius 1 is 1.40 bits per heavy atom. The van der Waals surface area contributed by atoms with E-state index >= 15 is 0 Å². The fourth-order valence-corrected chi connectivity index (χ4v) is 2.21. The maximum absolute atomic E-state index is 10.4. The molecule has 1 heterocycles. The molecular weight excluding hydrogens is 322 g/mol. The normalized spacial score (nSPS) is 10.7. The molecule has 5 nitrogen and oxygen atoms in total. The zero-order valence-electron chi connectivity index (χ0n) is 11.2. The van der Waals surface area contributed by atoms with Gasteiger partial charge >= 0.3 is 5.97 Å². The smallest absolute Gasteiger partial charge is 0.303 e. The molecule has 0 bridgehead atoms. The molecule has 0 aliphatic heterocycles. The number of carbonyl (C=O) groups is 1. The van der Waals surface area contributed by atoms with Gasteiger partial charge in [0.1, 0.15) is 0 Å². The first kappa shape index (κ1) is 14.7. The number of rotatable bonds is 6. The van der Waals surface area contributed by atoms with Crippen LogP contribution in [0.5, 0.6) is 0 Å². The molecule has 0 amide bonds. The molecule has 1 aromatic carbocycles. The first-order valence-electron chi connectivity index (χ1n) is 6.46. The molecule has 0 radical (unpaired) electrons. The molecule has 2 rings (SSSR count). The van der Waals surface area contributed by atoms with Gasteiger partial charge in [-0.25, -0.2) is 4.68 Å². The number of halogens is 1. The third kappa shape index (κ3) is 3.90. The van der Waals surface area contributed by atoms with Crippen molar-refractivity contribution in [1.82, 2.24) is 15.0 Å². The van der Waals surface area contributed by atoms with Crippen LogP contribution in [0.1, 0.15) is 30.5 Å². The van der Waals surface area contributed by atoms with Gasteiger partial charge in [-0.2, -0.15) is 0 Å². The van der Waals surface area contributed by atoms with Crippen LogP contribution in [0.15, 0.2) is 28.9 Å². The predicted molar refractivity (Wildman–Crippen MR) is 79.0 cm³/mol. The highest BCUT2D eigenvalue weighted by Gasteiger charge is 2.05. The van der Waals surface area contributed by atoms with Crippen LogP contribution in [-0.4, -0.2) is 26.1 Å². The fraction of sp³-hybridized carbons (Fsp3) is 0.357. The monoisotopic (exact) mass is 337 g/mol. The summed E-state index contributed by atoms with van der Waals surface area (Å²) >= 11 is 3.50. The van der Waals surface area contributed by atoms with E-state index in [4.69, 9.17) is 5.11 Å². The van der Waals surface area contributed by atoms with E-state index in [1.54, 1.807) is 4.68 Å². The number of unbranched alkanes of at least 4 members (excludes halogenated alkanes) is 1. The highest BCUT2D eigenvalue weighted by atomic mass is 79.9. The Labute approximate surface area is 125 Å². The van der Waals surface area contributed by atoms with E-state index in [0.717, 1.165) is 28.7 Å². The number of nitrogens with zero attached hydrogens (tertiary/aromatic N) is 3. The van der Waals surface area contributed by atoms with Crippen molar-refractivity contribution < 1.29 is 9.90 Å². The Morgan fingerprint density at radius 2 is 2.20 bits per heavy atom. The number of aryl methyl sites for hydroxylation is 2. The zero-order chi connectivity index (χ0) is 14.5. The Bertz CT molecular complexity index is 610. The van der Waals surface area contributed by atoms with Crippen LogP contribution in [0.2, 0.25) is 0 Å². The highest BCUT2D eigenvalue weighted by molar-refractivity contribution is 9.10. The standard InChI is InChI=1S/C14H16BrN3O2/c1-10-6-7-12(8-13(10)15)18-9-11(16-17-18)4-2-3-5-14(19)20/h6-9H,2-5H2,1H3,(H,19,20). The van der Waals surface area contributed by atoms with E-state index in [1.807, 2.05) is 31.3 Å². The van der Waals surface area contributed by atoms with Crippen molar-refractivity contribution in [1.29, 1.82) is 0 Å². The Hall–Kier alpha value is -1.69. The van der Waals surface area contributed by atoms with Gasteiger partial charge in [0.2, 0.25) is 0 Å². The molecule has 0 saturated carbocycles. The van der Waals surface area contributed by atoms with E-state index < -0.39 is 5.97 Å². The minimum atomic E-state index is -0.752. The fourth-order valence-electron chi connectivity index (χ4n) is 1.85. The third-order valence-electron chi connectivity index (χ3n) is 3.03. The number of carboxylic acids is 1. The zero-order valence-corrected chi connectivity index (χ0v) is 12.8. The topological polar surface area (TPSA) is 68.0 Å². The lowest BCUT2D eigenvalue weighted by Crippen LogP contribution is -1.95. The summed E-state index contributed by atoms with van der Waals surface area (Å²) in [4.78, 5) is 10.4. The van der Waals surface area contributed by atoms with Crippen LogP contribution in [-0.2, 0) is 11.2 Å². The second-order valence-corrected chi connectivity index (χ2v) is 5.54. The molecule has 1 N–H and O–H groups in total. The van der Waals surface area contributed by atoms with Crippen LogP contribution >= 0.6 is 15.9 Å². The van der Waals surface area contributed by atoms with Crippen LogP contribution in [0.3, 0.4) is 0 Å². The van der Waals surface area contributed by atoms with Crippen molar-refractivity contribution in [3.8, 4) is 5.69 Å². The largest absolute Gasteiger partial charge is 0.481 e. The van der Waals surface area contributed by atoms with Crippen molar-refractivity contribution in [2.45, 2.75) is 32.6 Å². The van der Waals surface area contributed by atoms with Gasteiger partial charge in [-0.3, -0.25) is 4.79 Å². The SMILES string of the molecule is Cc1ccc(-n2cc(CCCCC(=O)O)nn2)cc1Br. The Balaban J connectivity index is 1.97. The van der Waals surface area contributed by atoms with E-state index in [9.17, 15) is 4.79 Å². The van der Waals surface area contributed by atoms with Crippen molar-refractivity contribution >= 4 is 21.9 Å². The molecule has 0 unspecified atom stereocenters. The first-order valence-corrected chi connectivity index (χ1v) is 7.25. The Morgan fingerprint density at radius 3 is 2.90 bits per heavy atom. The third-order valence-corrected chi connectivity index (χ3v) is 3.89. The summed E-state index contributed by atoms with van der Waals surface area (Å²) < 4.78 is 2.77. The molecule has 0 saturated heterocycles. The summed E-state index contributed by atoms with van der Waals surface area (Å²) in [5, 5.41) is 16.8. The van der Waals surface area contributed by atoms with Gasteiger partial charge in [-0.15, -0.1) is 5.10 Å². The minimum absolute atomic E-state index is 0.207. The van der Waals surface area contributed by atoms with Gasteiger partial charge in [0, 0.05) is 10.9 Å². The van der Waals surface area contributed by atoms with Gasteiger partial charge in [-0.1, -0.05) is 27.2 Å². The molecule has 106 valence electrons. The summed E-state index contributed by atoms with van der Waals surface area (Å²) in [7, 11) is 0. The highest BCUT2D eigenvalue weighted by Crippen LogP contribution is 2.19. The molecule has 0 fully saturated rings.